The molecule has 1 unspecified atom stereocenters. The number of ether oxygens (including phenoxy) is 1. The van der Waals surface area contributed by atoms with Gasteiger partial charge >= 0.3 is 0 Å². The van der Waals surface area contributed by atoms with Crippen LogP contribution in [0.2, 0.25) is 0 Å². The van der Waals surface area contributed by atoms with Crippen molar-refractivity contribution in [1.29, 1.82) is 0 Å². The summed E-state index contributed by atoms with van der Waals surface area (Å²) in [4.78, 5) is 59.3. The van der Waals surface area contributed by atoms with Crippen LogP contribution in [0.3, 0.4) is 0 Å². The summed E-state index contributed by atoms with van der Waals surface area (Å²) in [5.74, 6) is -14.1. The molecule has 0 aliphatic carbocycles. The van der Waals surface area contributed by atoms with Gasteiger partial charge < -0.3 is 36.2 Å². The first-order valence-corrected chi connectivity index (χ1v) is 13.1. The number of hydrogen-bond acceptors (Lipinski definition) is 9. The second kappa shape index (κ2) is 12.9. The number of aromatic nitrogens is 2. The molecule has 0 aromatic carbocycles. The molecule has 4 amide bonds. The molecule has 232 valence electrons. The maximum atomic E-state index is 14.6. The van der Waals surface area contributed by atoms with E-state index >= 15 is 0 Å². The monoisotopic (exact) mass is 612 g/mol. The Labute approximate surface area is 241 Å². The van der Waals surface area contributed by atoms with Crippen LogP contribution in [0.1, 0.15) is 29.9 Å². The fourth-order valence-corrected chi connectivity index (χ4v) is 4.67. The van der Waals surface area contributed by atoms with Gasteiger partial charge in [0.05, 0.1) is 37.3 Å². The lowest BCUT2D eigenvalue weighted by molar-refractivity contribution is -0.141. The molecule has 0 saturated carbocycles. The highest BCUT2D eigenvalue weighted by Crippen LogP contribution is 2.23. The highest BCUT2D eigenvalue weighted by atomic mass is 19.2. The van der Waals surface area contributed by atoms with Gasteiger partial charge in [0.2, 0.25) is 29.5 Å². The standard InChI is InChI=1S/C26H28F4N6O7/c1-9-20(38)13(6-12-15(27)16(28)22(30)36-21(12)29)33-24(40)17(34-26(42)19-14(37)4-3-5-31-19)10(2)32-25(41)18(35-23(9)39)11-7-43-8-11/h3-5,9-11,13,17-18,20,37-38H,6-8H2,1-2H3,(H,32,41)(H,33,40)(H,34,42)(H,35,39)/t9-,10-,13+,17+,18?,20+/m1/s1. The molecule has 6 atom stereocenters. The molecule has 2 aromatic rings. The van der Waals surface area contributed by atoms with Gasteiger partial charge in [-0.15, -0.1) is 0 Å². The molecule has 4 heterocycles. The maximum absolute atomic E-state index is 14.6. The van der Waals surface area contributed by atoms with E-state index in [0.717, 1.165) is 6.07 Å². The zero-order valence-corrected chi connectivity index (χ0v) is 22.7. The number of aliphatic hydroxyl groups is 1. The van der Waals surface area contributed by atoms with Gasteiger partial charge in [0.25, 0.3) is 11.9 Å². The number of hydrogen-bond donors (Lipinski definition) is 6. The van der Waals surface area contributed by atoms with E-state index in [1.165, 1.54) is 26.1 Å². The van der Waals surface area contributed by atoms with Gasteiger partial charge in [0.15, 0.2) is 11.5 Å². The number of amides is 4. The molecular formula is C26H28F4N6O7. The van der Waals surface area contributed by atoms with Crippen LogP contribution < -0.4 is 21.3 Å². The number of pyridine rings is 2. The number of nitrogens with zero attached hydrogens (tertiary/aromatic N) is 2. The van der Waals surface area contributed by atoms with E-state index in [0.29, 0.717) is 0 Å². The lowest BCUT2D eigenvalue weighted by atomic mass is 9.90. The number of halogens is 4. The Morgan fingerprint density at radius 2 is 1.72 bits per heavy atom. The average Bonchev–Trinajstić information content (AvgIpc) is 2.93. The van der Waals surface area contributed by atoms with E-state index in [4.69, 9.17) is 4.74 Å². The van der Waals surface area contributed by atoms with Crippen LogP contribution in [0.15, 0.2) is 18.3 Å². The minimum atomic E-state index is -2.10. The molecule has 2 fully saturated rings. The quantitative estimate of drug-likeness (QED) is 0.186. The van der Waals surface area contributed by atoms with E-state index in [9.17, 15) is 47.0 Å². The zero-order valence-electron chi connectivity index (χ0n) is 22.7. The summed E-state index contributed by atoms with van der Waals surface area (Å²) in [7, 11) is 0. The third-order valence-electron chi connectivity index (χ3n) is 7.33. The summed E-state index contributed by atoms with van der Waals surface area (Å²) in [6.45, 7) is 2.75. The molecule has 0 spiro atoms. The predicted molar refractivity (Wildman–Crippen MR) is 136 cm³/mol. The minimum absolute atomic E-state index is 0.105. The second-order valence-electron chi connectivity index (χ2n) is 10.3. The van der Waals surface area contributed by atoms with Crippen molar-refractivity contribution in [2.45, 2.75) is 50.5 Å². The third-order valence-corrected chi connectivity index (χ3v) is 7.33. The molecule has 0 radical (unpaired) electrons. The van der Waals surface area contributed by atoms with Gasteiger partial charge in [-0.3, -0.25) is 19.2 Å². The Morgan fingerprint density at radius 1 is 1.02 bits per heavy atom. The number of carbonyl (C=O) groups excluding carboxylic acids is 4. The summed E-state index contributed by atoms with van der Waals surface area (Å²) >= 11 is 0. The summed E-state index contributed by atoms with van der Waals surface area (Å²) in [5, 5.41) is 30.8. The van der Waals surface area contributed by atoms with Crippen molar-refractivity contribution in [1.82, 2.24) is 31.2 Å². The summed E-state index contributed by atoms with van der Waals surface area (Å²) in [6, 6.07) is -3.31. The zero-order chi connectivity index (χ0) is 31.6. The minimum Gasteiger partial charge on any atom is -0.505 e. The SMILES string of the molecule is C[C@H]1NC(=O)C(C2COC2)NC(=O)[C@H](C)[C@H](O)[C@H](Cc2c(F)nc(F)c(F)c2F)NC(=O)[C@H]1NC(=O)c1ncccc1O. The van der Waals surface area contributed by atoms with Crippen molar-refractivity contribution < 1.29 is 51.7 Å². The number of aromatic hydroxyl groups is 1. The van der Waals surface area contributed by atoms with Gasteiger partial charge in [-0.2, -0.15) is 18.2 Å². The topological polar surface area (TPSA) is 192 Å². The number of carbonyl (C=O) groups is 4. The number of nitrogens with one attached hydrogen (secondary N) is 4. The smallest absolute Gasteiger partial charge is 0.274 e. The lowest BCUT2D eigenvalue weighted by Gasteiger charge is -2.37. The van der Waals surface area contributed by atoms with Crippen LogP contribution >= 0.6 is 0 Å². The van der Waals surface area contributed by atoms with Gasteiger partial charge in [-0.05, 0) is 19.1 Å². The highest BCUT2D eigenvalue weighted by molar-refractivity contribution is 5.98. The van der Waals surface area contributed by atoms with E-state index in [2.05, 4.69) is 31.2 Å². The molecule has 13 nitrogen and oxygen atoms in total. The maximum Gasteiger partial charge on any atom is 0.274 e. The van der Waals surface area contributed by atoms with Crippen molar-refractivity contribution in [2.75, 3.05) is 13.2 Å². The molecule has 2 aromatic heterocycles. The van der Waals surface area contributed by atoms with Gasteiger partial charge in [-0.1, -0.05) is 6.92 Å². The summed E-state index contributed by atoms with van der Waals surface area (Å²) < 4.78 is 61.6. The first-order valence-electron chi connectivity index (χ1n) is 13.1. The Morgan fingerprint density at radius 3 is 2.35 bits per heavy atom. The van der Waals surface area contributed by atoms with Crippen molar-refractivity contribution in [3.63, 3.8) is 0 Å². The molecule has 2 aliphatic rings. The Bertz CT molecular complexity index is 1430. The summed E-state index contributed by atoms with van der Waals surface area (Å²) in [6.07, 6.45) is -1.72. The average molecular weight is 613 g/mol. The van der Waals surface area contributed by atoms with E-state index in [1.54, 1.807) is 0 Å². The molecule has 0 bridgehead atoms. The van der Waals surface area contributed by atoms with E-state index in [-0.39, 0.29) is 13.2 Å². The van der Waals surface area contributed by atoms with Crippen molar-refractivity contribution in [3.05, 3.63) is 53.1 Å². The normalized spacial score (nSPS) is 27.1. The second-order valence-corrected chi connectivity index (χ2v) is 10.3. The first-order chi connectivity index (χ1) is 20.3. The van der Waals surface area contributed by atoms with Crippen LogP contribution in [0, 0.1) is 35.4 Å². The molecule has 6 N–H and O–H groups in total. The van der Waals surface area contributed by atoms with Gasteiger partial charge in [-0.25, -0.2) is 9.37 Å². The van der Waals surface area contributed by atoms with Crippen LogP contribution in [0.25, 0.3) is 0 Å². The Kier molecular flexibility index (Phi) is 9.44. The number of rotatable bonds is 5. The molecule has 4 rings (SSSR count). The van der Waals surface area contributed by atoms with Crippen molar-refractivity contribution in [3.8, 4) is 5.75 Å². The van der Waals surface area contributed by atoms with Crippen LogP contribution in [-0.4, -0.2) is 87.3 Å². The molecule has 2 aliphatic heterocycles. The van der Waals surface area contributed by atoms with Crippen molar-refractivity contribution >= 4 is 23.6 Å². The predicted octanol–water partition coefficient (Wildman–Crippen LogP) is -0.789. The van der Waals surface area contributed by atoms with E-state index < -0.39 is 113 Å². The fraction of sp³-hybridized carbons (Fsp3) is 0.462. The molecular weight excluding hydrogens is 584 g/mol. The van der Waals surface area contributed by atoms with Crippen LogP contribution in [0.5, 0.6) is 5.75 Å². The molecule has 43 heavy (non-hydrogen) atoms. The van der Waals surface area contributed by atoms with Gasteiger partial charge in [0, 0.05) is 24.1 Å². The Balaban J connectivity index is 1.73. The summed E-state index contributed by atoms with van der Waals surface area (Å²) in [5.41, 5.74) is -1.60. The van der Waals surface area contributed by atoms with Crippen LogP contribution in [0.4, 0.5) is 17.6 Å². The molecule has 2 saturated heterocycles. The largest absolute Gasteiger partial charge is 0.505 e. The Hall–Kier alpha value is -4.38. The molecule has 17 heteroatoms. The fourth-order valence-electron chi connectivity index (χ4n) is 4.67. The highest BCUT2D eigenvalue weighted by Gasteiger charge is 2.42. The first kappa shape index (κ1) is 31.6. The van der Waals surface area contributed by atoms with E-state index in [1.807, 2.05) is 0 Å². The van der Waals surface area contributed by atoms with Crippen LogP contribution in [-0.2, 0) is 25.5 Å². The lowest BCUT2D eigenvalue weighted by Crippen LogP contribution is -2.65. The van der Waals surface area contributed by atoms with Crippen molar-refractivity contribution in [2.24, 2.45) is 11.8 Å². The van der Waals surface area contributed by atoms with Gasteiger partial charge in [0.1, 0.15) is 17.8 Å². The number of aliphatic hydroxyl groups excluding tert-OH is 1. The third kappa shape index (κ3) is 6.67.